The summed E-state index contributed by atoms with van der Waals surface area (Å²) in [5.74, 6) is -0.994. The Kier molecular flexibility index (Phi) is 7.37. The van der Waals surface area contributed by atoms with Gasteiger partial charge in [0.05, 0.1) is 12.1 Å². The number of nitrogens with one attached hydrogen (secondary N) is 3. The van der Waals surface area contributed by atoms with Crippen molar-refractivity contribution in [3.8, 4) is 0 Å². The molecule has 0 bridgehead atoms. The smallest absolute Gasteiger partial charge is 0.253 e. The number of hydrogen-bond acceptors (Lipinski definition) is 4. The summed E-state index contributed by atoms with van der Waals surface area (Å²) < 4.78 is 0. The topological polar surface area (TPSA) is 113 Å². The first kappa shape index (κ1) is 20.0. The summed E-state index contributed by atoms with van der Waals surface area (Å²) in [6.45, 7) is 2.65. The lowest BCUT2D eigenvalue weighted by Crippen LogP contribution is -2.31. The Labute approximate surface area is 158 Å². The normalized spacial score (nSPS) is 10.1. The van der Waals surface area contributed by atoms with E-state index < -0.39 is 5.91 Å². The molecule has 142 valence electrons. The molecule has 7 nitrogen and oxygen atoms in total. The molecule has 0 spiro atoms. The number of carbonyl (C=O) groups is 3. The lowest BCUT2D eigenvalue weighted by Gasteiger charge is -2.12. The maximum Gasteiger partial charge on any atom is 0.253 e. The van der Waals surface area contributed by atoms with Gasteiger partial charge in [0.15, 0.2) is 0 Å². The van der Waals surface area contributed by atoms with Crippen molar-refractivity contribution >= 4 is 23.4 Å². The van der Waals surface area contributed by atoms with E-state index in [2.05, 4.69) is 16.0 Å². The van der Waals surface area contributed by atoms with Gasteiger partial charge in [-0.05, 0) is 24.6 Å². The molecule has 7 heteroatoms. The molecule has 0 aliphatic rings. The van der Waals surface area contributed by atoms with E-state index in [0.29, 0.717) is 17.8 Å². The molecular weight excluding hydrogens is 344 g/mol. The fourth-order valence-electron chi connectivity index (χ4n) is 2.49. The number of para-hydroxylation sites is 1. The molecule has 0 radical (unpaired) electrons. The summed E-state index contributed by atoms with van der Waals surface area (Å²) in [5.41, 5.74) is 8.16. The van der Waals surface area contributed by atoms with Gasteiger partial charge in [0.25, 0.3) is 5.91 Å². The second kappa shape index (κ2) is 9.96. The molecule has 0 atom stereocenters. The maximum atomic E-state index is 12.2. The summed E-state index contributed by atoms with van der Waals surface area (Å²) in [6, 6.07) is 14.8. The number of amides is 3. The van der Waals surface area contributed by atoms with Crippen molar-refractivity contribution in [3.05, 3.63) is 65.2 Å². The number of carbonyl (C=O) groups excluding carboxylic acids is 3. The Balaban J connectivity index is 1.86. The highest BCUT2D eigenvalue weighted by Crippen LogP contribution is 2.14. The van der Waals surface area contributed by atoms with Crippen LogP contribution in [0.2, 0.25) is 0 Å². The van der Waals surface area contributed by atoms with Crippen LogP contribution in [0.25, 0.3) is 0 Å². The van der Waals surface area contributed by atoms with Gasteiger partial charge in [-0.2, -0.15) is 0 Å². The highest BCUT2D eigenvalue weighted by Gasteiger charge is 2.11. The zero-order valence-corrected chi connectivity index (χ0v) is 15.2. The lowest BCUT2D eigenvalue weighted by atomic mass is 10.1. The fourth-order valence-corrected chi connectivity index (χ4v) is 2.49. The van der Waals surface area contributed by atoms with E-state index in [0.717, 1.165) is 11.1 Å². The molecule has 0 aliphatic carbocycles. The van der Waals surface area contributed by atoms with Crippen LogP contribution in [0, 0.1) is 6.92 Å². The number of nitrogens with two attached hydrogens (primary N) is 1. The highest BCUT2D eigenvalue weighted by molar-refractivity contribution is 6.00. The van der Waals surface area contributed by atoms with Crippen LogP contribution in [0.15, 0.2) is 48.5 Å². The van der Waals surface area contributed by atoms with E-state index in [9.17, 15) is 14.4 Å². The fraction of sp³-hybridized carbons (Fsp3) is 0.250. The van der Waals surface area contributed by atoms with Crippen molar-refractivity contribution in [1.82, 2.24) is 10.6 Å². The Morgan fingerprint density at radius 3 is 2.52 bits per heavy atom. The minimum absolute atomic E-state index is 0.0391. The monoisotopic (exact) mass is 368 g/mol. The molecule has 0 unspecified atom stereocenters. The molecular formula is C20H24N4O3. The Bertz CT molecular complexity index is 820. The lowest BCUT2D eigenvalue weighted by molar-refractivity contribution is -0.119. The molecule has 3 amide bonds. The minimum Gasteiger partial charge on any atom is -0.376 e. The first-order valence-electron chi connectivity index (χ1n) is 8.67. The zero-order valence-electron chi connectivity index (χ0n) is 15.2. The SMILES string of the molecule is Cc1cccc(CNC(=O)CNc2ccccc2C(=O)NCCC(N)=O)c1. The van der Waals surface area contributed by atoms with Gasteiger partial charge in [-0.25, -0.2) is 0 Å². The largest absolute Gasteiger partial charge is 0.376 e. The zero-order chi connectivity index (χ0) is 19.6. The standard InChI is InChI=1S/C20H24N4O3/c1-14-5-4-6-15(11-14)12-24-19(26)13-23-17-8-3-2-7-16(17)20(27)22-10-9-18(21)25/h2-8,11,23H,9-10,12-13H2,1H3,(H2,21,25)(H,22,27)(H,24,26). The third kappa shape index (κ3) is 6.81. The van der Waals surface area contributed by atoms with Gasteiger partial charge in [-0.15, -0.1) is 0 Å². The van der Waals surface area contributed by atoms with Gasteiger partial charge in [0, 0.05) is 25.2 Å². The van der Waals surface area contributed by atoms with Crippen molar-refractivity contribution < 1.29 is 14.4 Å². The van der Waals surface area contributed by atoms with Crippen LogP contribution < -0.4 is 21.7 Å². The Hall–Kier alpha value is -3.35. The number of hydrogen-bond donors (Lipinski definition) is 4. The Morgan fingerprint density at radius 1 is 1.00 bits per heavy atom. The van der Waals surface area contributed by atoms with E-state index in [1.54, 1.807) is 24.3 Å². The minimum atomic E-state index is -0.480. The van der Waals surface area contributed by atoms with Crippen LogP contribution in [-0.4, -0.2) is 30.8 Å². The van der Waals surface area contributed by atoms with Gasteiger partial charge in [-0.3, -0.25) is 14.4 Å². The molecule has 2 aromatic carbocycles. The van der Waals surface area contributed by atoms with Crippen LogP contribution >= 0.6 is 0 Å². The highest BCUT2D eigenvalue weighted by atomic mass is 16.2. The van der Waals surface area contributed by atoms with Crippen molar-refractivity contribution in [2.75, 3.05) is 18.4 Å². The van der Waals surface area contributed by atoms with Crippen molar-refractivity contribution in [2.24, 2.45) is 5.73 Å². The summed E-state index contributed by atoms with van der Waals surface area (Å²) in [6.07, 6.45) is 0.0721. The molecule has 0 aromatic heterocycles. The maximum absolute atomic E-state index is 12.2. The summed E-state index contributed by atoms with van der Waals surface area (Å²) >= 11 is 0. The molecule has 0 heterocycles. The molecule has 2 rings (SSSR count). The predicted molar refractivity (Wildman–Crippen MR) is 104 cm³/mol. The van der Waals surface area contributed by atoms with Crippen LogP contribution in [0.1, 0.15) is 27.9 Å². The quantitative estimate of drug-likeness (QED) is 0.535. The van der Waals surface area contributed by atoms with Gasteiger partial charge < -0.3 is 21.7 Å². The number of rotatable bonds is 9. The molecule has 27 heavy (non-hydrogen) atoms. The van der Waals surface area contributed by atoms with Gasteiger partial charge >= 0.3 is 0 Å². The van der Waals surface area contributed by atoms with Crippen LogP contribution in [0.5, 0.6) is 0 Å². The summed E-state index contributed by atoms with van der Waals surface area (Å²) in [7, 11) is 0. The van der Waals surface area contributed by atoms with E-state index in [1.165, 1.54) is 0 Å². The van der Waals surface area contributed by atoms with Crippen molar-refractivity contribution in [3.63, 3.8) is 0 Å². The third-order valence-electron chi connectivity index (χ3n) is 3.84. The van der Waals surface area contributed by atoms with Gasteiger partial charge in [0.1, 0.15) is 0 Å². The number of benzene rings is 2. The second-order valence-corrected chi connectivity index (χ2v) is 6.14. The molecule has 0 saturated heterocycles. The van der Waals surface area contributed by atoms with E-state index in [-0.39, 0.29) is 31.3 Å². The number of anilines is 1. The second-order valence-electron chi connectivity index (χ2n) is 6.14. The third-order valence-corrected chi connectivity index (χ3v) is 3.84. The molecule has 0 saturated carbocycles. The summed E-state index contributed by atoms with van der Waals surface area (Å²) in [5, 5.41) is 8.44. The van der Waals surface area contributed by atoms with E-state index in [4.69, 9.17) is 5.73 Å². The van der Waals surface area contributed by atoms with Crippen LogP contribution in [0.4, 0.5) is 5.69 Å². The Morgan fingerprint density at radius 2 is 1.78 bits per heavy atom. The predicted octanol–water partition coefficient (Wildman–Crippen LogP) is 1.33. The van der Waals surface area contributed by atoms with E-state index >= 15 is 0 Å². The van der Waals surface area contributed by atoms with Crippen molar-refractivity contribution in [2.45, 2.75) is 19.9 Å². The van der Waals surface area contributed by atoms with Gasteiger partial charge in [0.2, 0.25) is 11.8 Å². The first-order valence-corrected chi connectivity index (χ1v) is 8.67. The van der Waals surface area contributed by atoms with Crippen LogP contribution in [-0.2, 0) is 16.1 Å². The molecule has 0 aliphatic heterocycles. The first-order chi connectivity index (χ1) is 13.0. The average molecular weight is 368 g/mol. The number of aryl methyl sites for hydroxylation is 1. The van der Waals surface area contributed by atoms with Gasteiger partial charge in [-0.1, -0.05) is 42.0 Å². The van der Waals surface area contributed by atoms with Crippen molar-refractivity contribution in [1.29, 1.82) is 0 Å². The molecule has 5 N–H and O–H groups in total. The van der Waals surface area contributed by atoms with E-state index in [1.807, 2.05) is 31.2 Å². The molecule has 2 aromatic rings. The average Bonchev–Trinajstić information content (AvgIpc) is 2.64. The van der Waals surface area contributed by atoms with Crippen LogP contribution in [0.3, 0.4) is 0 Å². The number of primary amides is 1. The molecule has 0 fully saturated rings. The summed E-state index contributed by atoms with van der Waals surface area (Å²) in [4.78, 5) is 35.1.